The zero-order valence-corrected chi connectivity index (χ0v) is 16.3. The van der Waals surface area contributed by atoms with E-state index in [1.165, 1.54) is 17.1 Å². The number of esters is 1. The van der Waals surface area contributed by atoms with Crippen molar-refractivity contribution in [3.63, 3.8) is 0 Å². The lowest BCUT2D eigenvalue weighted by molar-refractivity contribution is -0.145. The first kappa shape index (κ1) is 19.3. The van der Waals surface area contributed by atoms with Gasteiger partial charge in [0.1, 0.15) is 5.82 Å². The standard InChI is InChI=1S/C19H24N4O3S/c1-2-26-18(25)9-8-17(24)22-10-12-23(13-11-22)19-20-16(21-27-19)14-15-6-4-3-5-7-15/h3-7H,2,8-14H2,1H3. The average molecular weight is 388 g/mol. The molecule has 1 aliphatic rings. The molecule has 0 spiro atoms. The highest BCUT2D eigenvalue weighted by atomic mass is 32.1. The minimum atomic E-state index is -0.315. The lowest BCUT2D eigenvalue weighted by Crippen LogP contribution is -2.48. The Labute approximate surface area is 163 Å². The first-order valence-electron chi connectivity index (χ1n) is 9.20. The molecule has 1 amide bonds. The van der Waals surface area contributed by atoms with Crippen molar-refractivity contribution in [3.05, 3.63) is 41.7 Å². The second kappa shape index (κ2) is 9.45. The Morgan fingerprint density at radius 3 is 2.56 bits per heavy atom. The smallest absolute Gasteiger partial charge is 0.306 e. The van der Waals surface area contributed by atoms with E-state index in [-0.39, 0.29) is 24.7 Å². The van der Waals surface area contributed by atoms with E-state index >= 15 is 0 Å². The number of aromatic nitrogens is 2. The third-order valence-electron chi connectivity index (χ3n) is 4.41. The summed E-state index contributed by atoms with van der Waals surface area (Å²) in [6, 6.07) is 10.2. The normalized spacial score (nSPS) is 14.3. The Bertz CT molecular complexity index is 757. The zero-order chi connectivity index (χ0) is 19.1. The molecule has 8 heteroatoms. The Hall–Kier alpha value is -2.48. The van der Waals surface area contributed by atoms with Crippen LogP contribution in [0.4, 0.5) is 5.13 Å². The maximum Gasteiger partial charge on any atom is 0.306 e. The quantitative estimate of drug-likeness (QED) is 0.677. The van der Waals surface area contributed by atoms with Crippen LogP contribution in [0.3, 0.4) is 0 Å². The van der Waals surface area contributed by atoms with Crippen LogP contribution >= 0.6 is 11.5 Å². The van der Waals surface area contributed by atoms with Crippen molar-refractivity contribution in [1.82, 2.24) is 14.3 Å². The summed E-state index contributed by atoms with van der Waals surface area (Å²) in [5.74, 6) is 0.517. The highest BCUT2D eigenvalue weighted by Crippen LogP contribution is 2.20. The number of carbonyl (C=O) groups is 2. The van der Waals surface area contributed by atoms with E-state index in [1.807, 2.05) is 23.1 Å². The Kier molecular flexibility index (Phi) is 6.75. The van der Waals surface area contributed by atoms with Crippen LogP contribution in [0.15, 0.2) is 30.3 Å². The molecule has 7 nitrogen and oxygen atoms in total. The fourth-order valence-electron chi connectivity index (χ4n) is 2.97. The zero-order valence-electron chi connectivity index (χ0n) is 15.5. The number of hydrogen-bond acceptors (Lipinski definition) is 7. The van der Waals surface area contributed by atoms with Crippen molar-refractivity contribution >= 4 is 28.5 Å². The number of nitrogens with zero attached hydrogens (tertiary/aromatic N) is 4. The van der Waals surface area contributed by atoms with Gasteiger partial charge in [0.2, 0.25) is 11.0 Å². The SMILES string of the molecule is CCOC(=O)CCC(=O)N1CCN(c2nc(Cc3ccccc3)ns2)CC1. The number of ether oxygens (including phenoxy) is 1. The number of hydrogen-bond donors (Lipinski definition) is 0. The van der Waals surface area contributed by atoms with Gasteiger partial charge in [0, 0.05) is 50.6 Å². The second-order valence-corrected chi connectivity index (χ2v) is 7.06. The summed E-state index contributed by atoms with van der Waals surface area (Å²) in [5, 5.41) is 0.902. The van der Waals surface area contributed by atoms with Crippen LogP contribution in [0.5, 0.6) is 0 Å². The Morgan fingerprint density at radius 2 is 1.85 bits per heavy atom. The van der Waals surface area contributed by atoms with Crippen LogP contribution in [0.1, 0.15) is 31.2 Å². The molecule has 0 aliphatic carbocycles. The van der Waals surface area contributed by atoms with Gasteiger partial charge in [-0.3, -0.25) is 9.59 Å². The number of benzene rings is 1. The fourth-order valence-corrected chi connectivity index (χ4v) is 3.71. The molecule has 0 unspecified atom stereocenters. The summed E-state index contributed by atoms with van der Waals surface area (Å²) in [6.07, 6.45) is 1.08. The molecular formula is C19H24N4O3S. The minimum absolute atomic E-state index is 0.00438. The van der Waals surface area contributed by atoms with Crippen molar-refractivity contribution in [3.8, 4) is 0 Å². The minimum Gasteiger partial charge on any atom is -0.466 e. The molecule has 1 fully saturated rings. The van der Waals surface area contributed by atoms with Gasteiger partial charge in [-0.2, -0.15) is 4.37 Å². The van der Waals surface area contributed by atoms with Crippen molar-refractivity contribution in [1.29, 1.82) is 0 Å². The number of amides is 1. The number of rotatable bonds is 7. The molecule has 0 bridgehead atoms. The van der Waals surface area contributed by atoms with Crippen LogP contribution in [0, 0.1) is 0 Å². The van der Waals surface area contributed by atoms with Gasteiger partial charge in [-0.25, -0.2) is 4.98 Å². The van der Waals surface area contributed by atoms with Gasteiger partial charge in [0.15, 0.2) is 0 Å². The molecule has 0 N–H and O–H groups in total. The van der Waals surface area contributed by atoms with Crippen molar-refractivity contribution < 1.29 is 14.3 Å². The van der Waals surface area contributed by atoms with Crippen LogP contribution in [0.25, 0.3) is 0 Å². The molecule has 3 rings (SSSR count). The molecule has 144 valence electrons. The van der Waals surface area contributed by atoms with Crippen LogP contribution in [0.2, 0.25) is 0 Å². The van der Waals surface area contributed by atoms with Crippen LogP contribution in [-0.2, 0) is 20.7 Å². The molecular weight excluding hydrogens is 364 g/mol. The molecule has 2 aromatic rings. The molecule has 27 heavy (non-hydrogen) atoms. The number of piperazine rings is 1. The molecule has 0 saturated carbocycles. The molecule has 1 aromatic carbocycles. The van der Waals surface area contributed by atoms with E-state index < -0.39 is 0 Å². The monoisotopic (exact) mass is 388 g/mol. The lowest BCUT2D eigenvalue weighted by atomic mass is 10.1. The lowest BCUT2D eigenvalue weighted by Gasteiger charge is -2.34. The summed E-state index contributed by atoms with van der Waals surface area (Å²) in [7, 11) is 0. The summed E-state index contributed by atoms with van der Waals surface area (Å²) in [6.45, 7) is 4.83. The first-order chi connectivity index (χ1) is 13.2. The van der Waals surface area contributed by atoms with Gasteiger partial charge in [-0.1, -0.05) is 30.3 Å². The molecule has 1 aliphatic heterocycles. The van der Waals surface area contributed by atoms with E-state index in [0.717, 1.165) is 30.5 Å². The maximum absolute atomic E-state index is 12.2. The Balaban J connectivity index is 1.46. The number of anilines is 1. The number of carbonyl (C=O) groups excluding carboxylic acids is 2. The van der Waals surface area contributed by atoms with Crippen LogP contribution in [-0.4, -0.2) is 58.9 Å². The summed E-state index contributed by atoms with van der Waals surface area (Å²) < 4.78 is 9.33. The highest BCUT2D eigenvalue weighted by molar-refractivity contribution is 7.09. The fraction of sp³-hybridized carbons (Fsp3) is 0.474. The molecule has 2 heterocycles. The van der Waals surface area contributed by atoms with Gasteiger partial charge >= 0.3 is 5.97 Å². The van der Waals surface area contributed by atoms with Gasteiger partial charge < -0.3 is 14.5 Å². The first-order valence-corrected chi connectivity index (χ1v) is 9.98. The van der Waals surface area contributed by atoms with E-state index in [2.05, 4.69) is 26.4 Å². The maximum atomic E-state index is 12.2. The predicted octanol–water partition coefficient (Wildman–Crippen LogP) is 2.12. The van der Waals surface area contributed by atoms with Gasteiger partial charge in [-0.15, -0.1) is 0 Å². The van der Waals surface area contributed by atoms with Crippen molar-refractivity contribution in [2.24, 2.45) is 0 Å². The summed E-state index contributed by atoms with van der Waals surface area (Å²) in [5.41, 5.74) is 1.19. The van der Waals surface area contributed by atoms with Crippen LogP contribution < -0.4 is 4.90 Å². The average Bonchev–Trinajstić information content (AvgIpc) is 3.16. The molecule has 0 radical (unpaired) electrons. The van der Waals surface area contributed by atoms with E-state index in [4.69, 9.17) is 4.74 Å². The molecule has 0 atom stereocenters. The van der Waals surface area contributed by atoms with Gasteiger partial charge in [0.25, 0.3) is 0 Å². The highest BCUT2D eigenvalue weighted by Gasteiger charge is 2.23. The van der Waals surface area contributed by atoms with E-state index in [0.29, 0.717) is 19.7 Å². The van der Waals surface area contributed by atoms with E-state index in [1.54, 1.807) is 6.92 Å². The third-order valence-corrected chi connectivity index (χ3v) is 5.23. The van der Waals surface area contributed by atoms with Crippen molar-refractivity contribution in [2.75, 3.05) is 37.7 Å². The van der Waals surface area contributed by atoms with Gasteiger partial charge in [-0.05, 0) is 12.5 Å². The third kappa shape index (κ3) is 5.50. The Morgan fingerprint density at radius 1 is 1.11 bits per heavy atom. The second-order valence-electron chi connectivity index (χ2n) is 6.33. The van der Waals surface area contributed by atoms with Gasteiger partial charge in [0.05, 0.1) is 13.0 Å². The largest absolute Gasteiger partial charge is 0.466 e. The van der Waals surface area contributed by atoms with E-state index in [9.17, 15) is 9.59 Å². The topological polar surface area (TPSA) is 75.6 Å². The summed E-state index contributed by atoms with van der Waals surface area (Å²) >= 11 is 1.40. The predicted molar refractivity (Wildman–Crippen MR) is 104 cm³/mol. The summed E-state index contributed by atoms with van der Waals surface area (Å²) in [4.78, 5) is 32.2. The van der Waals surface area contributed by atoms with Crippen molar-refractivity contribution in [2.45, 2.75) is 26.2 Å². The molecule has 1 saturated heterocycles. The molecule has 1 aromatic heterocycles.